The number of hydrogen-bond donors (Lipinski definition) is 1. The zero-order valence-corrected chi connectivity index (χ0v) is 12.3. The molecular formula is C17H19N3O. The molecule has 108 valence electrons. The van der Waals surface area contributed by atoms with Crippen molar-refractivity contribution in [2.45, 2.75) is 13.8 Å². The van der Waals surface area contributed by atoms with Gasteiger partial charge in [-0.3, -0.25) is 0 Å². The average Bonchev–Trinajstić information content (AvgIpc) is 2.92. The van der Waals surface area contributed by atoms with E-state index in [1.807, 2.05) is 24.3 Å². The summed E-state index contributed by atoms with van der Waals surface area (Å²) in [6, 6.07) is 13.8. The van der Waals surface area contributed by atoms with Crippen LogP contribution in [0.1, 0.15) is 13.8 Å². The quantitative estimate of drug-likeness (QED) is 0.736. The monoisotopic (exact) mass is 281 g/mol. The molecule has 1 heterocycles. The number of rotatable bonds is 4. The van der Waals surface area contributed by atoms with Gasteiger partial charge in [-0.05, 0) is 50.2 Å². The zero-order valence-electron chi connectivity index (χ0n) is 12.3. The molecule has 0 aliphatic heterocycles. The van der Waals surface area contributed by atoms with Crippen LogP contribution in [0.25, 0.3) is 22.6 Å². The van der Waals surface area contributed by atoms with Crippen molar-refractivity contribution in [2.24, 2.45) is 0 Å². The Labute approximate surface area is 124 Å². The fourth-order valence-electron chi connectivity index (χ4n) is 2.47. The number of benzene rings is 2. The van der Waals surface area contributed by atoms with Gasteiger partial charge in [-0.15, -0.1) is 0 Å². The molecule has 2 aromatic carbocycles. The molecule has 2 N–H and O–H groups in total. The second-order valence-corrected chi connectivity index (χ2v) is 4.97. The van der Waals surface area contributed by atoms with Crippen molar-refractivity contribution in [3.63, 3.8) is 0 Å². The summed E-state index contributed by atoms with van der Waals surface area (Å²) >= 11 is 0. The first-order chi connectivity index (χ1) is 10.2. The molecule has 0 amide bonds. The van der Waals surface area contributed by atoms with E-state index in [-0.39, 0.29) is 0 Å². The highest BCUT2D eigenvalue weighted by Gasteiger charge is 2.09. The second kappa shape index (κ2) is 5.48. The zero-order chi connectivity index (χ0) is 14.8. The van der Waals surface area contributed by atoms with Gasteiger partial charge in [-0.25, -0.2) is 4.98 Å². The number of nitrogens with two attached hydrogens (primary N) is 1. The summed E-state index contributed by atoms with van der Waals surface area (Å²) in [4.78, 5) is 6.81. The van der Waals surface area contributed by atoms with Crippen molar-refractivity contribution >= 4 is 22.5 Å². The Hall–Kier alpha value is -2.49. The molecule has 0 saturated heterocycles. The van der Waals surface area contributed by atoms with E-state index >= 15 is 0 Å². The Morgan fingerprint density at radius 3 is 2.43 bits per heavy atom. The lowest BCUT2D eigenvalue weighted by Crippen LogP contribution is -2.21. The summed E-state index contributed by atoms with van der Waals surface area (Å²) in [5.74, 6) is 0.627. The fraction of sp³-hybridized carbons (Fsp3) is 0.235. The van der Waals surface area contributed by atoms with E-state index in [1.54, 1.807) is 6.07 Å². The highest BCUT2D eigenvalue weighted by atomic mass is 16.3. The molecule has 3 aromatic rings. The summed E-state index contributed by atoms with van der Waals surface area (Å²) in [7, 11) is 0. The van der Waals surface area contributed by atoms with Crippen LogP contribution in [0.2, 0.25) is 0 Å². The molecule has 0 saturated carbocycles. The van der Waals surface area contributed by atoms with Gasteiger partial charge in [0.25, 0.3) is 0 Å². The van der Waals surface area contributed by atoms with E-state index < -0.39 is 0 Å². The number of nitrogens with zero attached hydrogens (tertiary/aromatic N) is 2. The molecule has 21 heavy (non-hydrogen) atoms. The van der Waals surface area contributed by atoms with Crippen molar-refractivity contribution in [2.75, 3.05) is 23.7 Å². The molecule has 0 spiro atoms. The maximum Gasteiger partial charge on any atom is 0.227 e. The highest BCUT2D eigenvalue weighted by Crippen LogP contribution is 2.27. The highest BCUT2D eigenvalue weighted by molar-refractivity contribution is 5.79. The molecule has 0 aliphatic carbocycles. The van der Waals surface area contributed by atoms with E-state index in [0.29, 0.717) is 11.6 Å². The maximum absolute atomic E-state index is 5.78. The SMILES string of the molecule is CCN(CC)c1ccc(-c2nc3ccc(N)cc3o2)cc1. The van der Waals surface area contributed by atoms with E-state index in [2.05, 4.69) is 35.9 Å². The average molecular weight is 281 g/mol. The Morgan fingerprint density at radius 2 is 1.76 bits per heavy atom. The van der Waals surface area contributed by atoms with Crippen LogP contribution in [0.4, 0.5) is 11.4 Å². The van der Waals surface area contributed by atoms with Crippen LogP contribution in [0.15, 0.2) is 46.9 Å². The second-order valence-electron chi connectivity index (χ2n) is 4.97. The van der Waals surface area contributed by atoms with Crippen LogP contribution in [0.3, 0.4) is 0 Å². The minimum atomic E-state index is 0.627. The topological polar surface area (TPSA) is 55.3 Å². The molecule has 3 rings (SSSR count). The molecule has 1 aromatic heterocycles. The third kappa shape index (κ3) is 2.57. The molecule has 0 radical (unpaired) electrons. The molecule has 4 nitrogen and oxygen atoms in total. The largest absolute Gasteiger partial charge is 0.436 e. The fourth-order valence-corrected chi connectivity index (χ4v) is 2.47. The van der Waals surface area contributed by atoms with Crippen LogP contribution in [-0.2, 0) is 0 Å². The number of fused-ring (bicyclic) bond motifs is 1. The maximum atomic E-state index is 5.78. The van der Waals surface area contributed by atoms with Gasteiger partial charge in [0, 0.05) is 36.1 Å². The number of anilines is 2. The van der Waals surface area contributed by atoms with Crippen LogP contribution < -0.4 is 10.6 Å². The number of hydrogen-bond acceptors (Lipinski definition) is 4. The first kappa shape index (κ1) is 13.5. The summed E-state index contributed by atoms with van der Waals surface area (Å²) in [6.45, 7) is 6.31. The summed E-state index contributed by atoms with van der Waals surface area (Å²) in [5.41, 5.74) is 10.2. The molecule has 0 fully saturated rings. The third-order valence-corrected chi connectivity index (χ3v) is 3.66. The Kier molecular flexibility index (Phi) is 3.52. The Balaban J connectivity index is 1.95. The Bertz CT molecular complexity index is 742. The molecule has 4 heteroatoms. The van der Waals surface area contributed by atoms with E-state index in [1.165, 1.54) is 5.69 Å². The van der Waals surface area contributed by atoms with E-state index in [9.17, 15) is 0 Å². The van der Waals surface area contributed by atoms with Gasteiger partial charge in [0.2, 0.25) is 5.89 Å². The summed E-state index contributed by atoms with van der Waals surface area (Å²) in [5, 5.41) is 0. The molecule has 0 unspecified atom stereocenters. The molecule has 0 bridgehead atoms. The van der Waals surface area contributed by atoms with Gasteiger partial charge in [-0.2, -0.15) is 0 Å². The van der Waals surface area contributed by atoms with Crippen molar-refractivity contribution in [3.05, 3.63) is 42.5 Å². The normalized spacial score (nSPS) is 11.0. The number of oxazole rings is 1. The van der Waals surface area contributed by atoms with Crippen molar-refractivity contribution < 1.29 is 4.42 Å². The van der Waals surface area contributed by atoms with Gasteiger partial charge in [0.1, 0.15) is 5.52 Å². The third-order valence-electron chi connectivity index (χ3n) is 3.66. The number of aromatic nitrogens is 1. The first-order valence-electron chi connectivity index (χ1n) is 7.22. The van der Waals surface area contributed by atoms with Gasteiger partial charge >= 0.3 is 0 Å². The lowest BCUT2D eigenvalue weighted by Gasteiger charge is -2.20. The lowest BCUT2D eigenvalue weighted by atomic mass is 10.2. The molecular weight excluding hydrogens is 262 g/mol. The predicted octanol–water partition coefficient (Wildman–Crippen LogP) is 3.92. The van der Waals surface area contributed by atoms with Crippen molar-refractivity contribution in [1.82, 2.24) is 4.98 Å². The number of nitrogen functional groups attached to an aromatic ring is 1. The van der Waals surface area contributed by atoms with Crippen molar-refractivity contribution in [1.29, 1.82) is 0 Å². The van der Waals surface area contributed by atoms with Crippen LogP contribution in [-0.4, -0.2) is 18.1 Å². The summed E-state index contributed by atoms with van der Waals surface area (Å²) < 4.78 is 5.78. The van der Waals surface area contributed by atoms with E-state index in [0.717, 1.165) is 29.8 Å². The van der Waals surface area contributed by atoms with Gasteiger partial charge in [0.15, 0.2) is 5.58 Å². The van der Waals surface area contributed by atoms with E-state index in [4.69, 9.17) is 10.2 Å². The molecule has 0 atom stereocenters. The molecule has 0 aliphatic rings. The standard InChI is InChI=1S/C17H19N3O/c1-3-20(4-2)14-8-5-12(6-9-14)17-19-15-10-7-13(18)11-16(15)21-17/h5-11H,3-4,18H2,1-2H3. The van der Waals surface area contributed by atoms with Crippen LogP contribution >= 0.6 is 0 Å². The lowest BCUT2D eigenvalue weighted by molar-refractivity contribution is 0.620. The van der Waals surface area contributed by atoms with Gasteiger partial charge in [0.05, 0.1) is 0 Å². The smallest absolute Gasteiger partial charge is 0.227 e. The minimum absolute atomic E-state index is 0.627. The van der Waals surface area contributed by atoms with Crippen LogP contribution in [0, 0.1) is 0 Å². The van der Waals surface area contributed by atoms with Gasteiger partial charge < -0.3 is 15.1 Å². The van der Waals surface area contributed by atoms with Crippen LogP contribution in [0.5, 0.6) is 0 Å². The summed E-state index contributed by atoms with van der Waals surface area (Å²) in [6.07, 6.45) is 0. The predicted molar refractivity (Wildman–Crippen MR) is 87.4 cm³/mol. The van der Waals surface area contributed by atoms with Crippen molar-refractivity contribution in [3.8, 4) is 11.5 Å². The minimum Gasteiger partial charge on any atom is -0.436 e. The van der Waals surface area contributed by atoms with Gasteiger partial charge in [-0.1, -0.05) is 0 Å². The first-order valence-corrected chi connectivity index (χ1v) is 7.22. The Morgan fingerprint density at radius 1 is 1.05 bits per heavy atom.